The van der Waals surface area contributed by atoms with Gasteiger partial charge in [0.15, 0.2) is 0 Å². The van der Waals surface area contributed by atoms with E-state index in [1.54, 1.807) is 0 Å². The summed E-state index contributed by atoms with van der Waals surface area (Å²) in [6.07, 6.45) is 1.92. The second kappa shape index (κ2) is 6.08. The molecule has 106 valence electrons. The van der Waals surface area contributed by atoms with E-state index < -0.39 is 0 Å². The van der Waals surface area contributed by atoms with E-state index in [1.165, 1.54) is 0 Å². The van der Waals surface area contributed by atoms with E-state index in [0.717, 1.165) is 47.7 Å². The number of aromatic amines is 1. The van der Waals surface area contributed by atoms with E-state index in [4.69, 9.17) is 0 Å². The number of imidazole rings is 1. The first-order valence-electron chi connectivity index (χ1n) is 6.96. The van der Waals surface area contributed by atoms with Crippen molar-refractivity contribution in [1.29, 1.82) is 0 Å². The Balaban J connectivity index is 1.70. The van der Waals surface area contributed by atoms with Crippen LogP contribution in [0.1, 0.15) is 12.7 Å². The molecule has 2 N–H and O–H groups in total. The van der Waals surface area contributed by atoms with Crippen LogP contribution in [-0.2, 0) is 6.54 Å². The summed E-state index contributed by atoms with van der Waals surface area (Å²) in [6, 6.07) is 8.82. The van der Waals surface area contributed by atoms with E-state index in [0.29, 0.717) is 6.04 Å². The van der Waals surface area contributed by atoms with Crippen molar-refractivity contribution in [3.05, 3.63) is 40.8 Å². The maximum Gasteiger partial charge on any atom is 0.120 e. The molecule has 0 unspecified atom stereocenters. The molecule has 1 fully saturated rings. The molecule has 1 aromatic carbocycles. The van der Waals surface area contributed by atoms with Crippen molar-refractivity contribution in [3.8, 4) is 11.3 Å². The predicted octanol–water partition coefficient (Wildman–Crippen LogP) is 2.63. The number of piperazine rings is 1. The molecule has 1 saturated heterocycles. The van der Waals surface area contributed by atoms with Gasteiger partial charge in [-0.05, 0) is 19.1 Å². The highest BCUT2D eigenvalue weighted by molar-refractivity contribution is 9.10. The number of hydrogen-bond donors (Lipinski definition) is 2. The van der Waals surface area contributed by atoms with Gasteiger partial charge in [-0.15, -0.1) is 0 Å². The smallest absolute Gasteiger partial charge is 0.120 e. The van der Waals surface area contributed by atoms with Gasteiger partial charge < -0.3 is 10.3 Å². The number of halogens is 1. The van der Waals surface area contributed by atoms with Crippen LogP contribution >= 0.6 is 15.9 Å². The third kappa shape index (κ3) is 3.29. The fourth-order valence-electron chi connectivity index (χ4n) is 2.61. The normalized spacial score (nSPS) is 20.2. The van der Waals surface area contributed by atoms with Crippen LogP contribution in [0.2, 0.25) is 0 Å². The van der Waals surface area contributed by atoms with Crippen LogP contribution in [0, 0.1) is 0 Å². The summed E-state index contributed by atoms with van der Waals surface area (Å²) in [7, 11) is 0. The first-order chi connectivity index (χ1) is 9.70. The van der Waals surface area contributed by atoms with Gasteiger partial charge in [-0.3, -0.25) is 4.90 Å². The van der Waals surface area contributed by atoms with Crippen LogP contribution in [0.15, 0.2) is 34.9 Å². The minimum absolute atomic E-state index is 0.559. The summed E-state index contributed by atoms with van der Waals surface area (Å²) >= 11 is 3.50. The molecule has 4 nitrogen and oxygen atoms in total. The third-order valence-corrected chi connectivity index (χ3v) is 4.08. The maximum absolute atomic E-state index is 4.51. The van der Waals surface area contributed by atoms with Crippen LogP contribution in [0.25, 0.3) is 11.3 Å². The molecule has 0 aliphatic carbocycles. The highest BCUT2D eigenvalue weighted by atomic mass is 79.9. The molecule has 1 atom stereocenters. The lowest BCUT2D eigenvalue weighted by atomic mass is 10.2. The van der Waals surface area contributed by atoms with Crippen LogP contribution in [0.3, 0.4) is 0 Å². The Morgan fingerprint density at radius 2 is 2.35 bits per heavy atom. The molecule has 0 spiro atoms. The molecule has 1 aliphatic heterocycles. The Labute approximate surface area is 127 Å². The summed E-state index contributed by atoms with van der Waals surface area (Å²) in [5, 5.41) is 3.46. The number of nitrogens with one attached hydrogen (secondary N) is 2. The number of benzene rings is 1. The SMILES string of the molecule is C[C@@H]1CN(Cc2ncc(-c3cccc(Br)c3)[nH]2)CCN1. The van der Waals surface area contributed by atoms with Gasteiger partial charge in [0.1, 0.15) is 5.82 Å². The van der Waals surface area contributed by atoms with Gasteiger partial charge in [0.05, 0.1) is 18.4 Å². The Hall–Kier alpha value is -1.17. The zero-order chi connectivity index (χ0) is 13.9. The van der Waals surface area contributed by atoms with E-state index in [-0.39, 0.29) is 0 Å². The van der Waals surface area contributed by atoms with E-state index in [1.807, 2.05) is 18.3 Å². The molecule has 3 rings (SSSR count). The maximum atomic E-state index is 4.51. The van der Waals surface area contributed by atoms with E-state index >= 15 is 0 Å². The molecule has 0 bridgehead atoms. The van der Waals surface area contributed by atoms with Crippen molar-refractivity contribution in [3.63, 3.8) is 0 Å². The van der Waals surface area contributed by atoms with Gasteiger partial charge in [0.2, 0.25) is 0 Å². The standard InChI is InChI=1S/C15H19BrN4/c1-11-9-20(6-5-17-11)10-15-18-8-14(19-15)12-3-2-4-13(16)7-12/h2-4,7-8,11,17H,5-6,9-10H2,1H3,(H,18,19)/t11-/m1/s1. The van der Waals surface area contributed by atoms with Crippen LogP contribution in [0.5, 0.6) is 0 Å². The summed E-state index contributed by atoms with van der Waals surface area (Å²) in [5.41, 5.74) is 2.23. The average molecular weight is 335 g/mol. The van der Waals surface area contributed by atoms with Crippen molar-refractivity contribution < 1.29 is 0 Å². The fraction of sp³-hybridized carbons (Fsp3) is 0.400. The number of aromatic nitrogens is 2. The molecule has 1 aromatic heterocycles. The topological polar surface area (TPSA) is 44.0 Å². The number of nitrogens with zero attached hydrogens (tertiary/aromatic N) is 2. The lowest BCUT2D eigenvalue weighted by Gasteiger charge is -2.31. The number of rotatable bonds is 3. The molecule has 5 heteroatoms. The number of H-pyrrole nitrogens is 1. The van der Waals surface area contributed by atoms with Crippen LogP contribution < -0.4 is 5.32 Å². The molecule has 0 saturated carbocycles. The van der Waals surface area contributed by atoms with Crippen molar-refractivity contribution in [2.24, 2.45) is 0 Å². The Morgan fingerprint density at radius 3 is 3.15 bits per heavy atom. The van der Waals surface area contributed by atoms with Gasteiger partial charge in [-0.25, -0.2) is 4.98 Å². The first kappa shape index (κ1) is 13.8. The summed E-state index contributed by atoms with van der Waals surface area (Å²) in [5.74, 6) is 1.04. The van der Waals surface area contributed by atoms with Gasteiger partial charge in [0, 0.05) is 35.7 Å². The summed E-state index contributed by atoms with van der Waals surface area (Å²) in [4.78, 5) is 10.4. The van der Waals surface area contributed by atoms with Crippen LogP contribution in [0.4, 0.5) is 0 Å². The number of hydrogen-bond acceptors (Lipinski definition) is 3. The van der Waals surface area contributed by atoms with Crippen LogP contribution in [-0.4, -0.2) is 40.5 Å². The van der Waals surface area contributed by atoms with Crippen molar-refractivity contribution in [1.82, 2.24) is 20.2 Å². The highest BCUT2D eigenvalue weighted by Gasteiger charge is 2.16. The second-order valence-electron chi connectivity index (χ2n) is 5.34. The van der Waals surface area contributed by atoms with E-state index in [9.17, 15) is 0 Å². The summed E-state index contributed by atoms with van der Waals surface area (Å²) in [6.45, 7) is 6.33. The largest absolute Gasteiger partial charge is 0.341 e. The Kier molecular flexibility index (Phi) is 4.19. The molecular weight excluding hydrogens is 316 g/mol. The zero-order valence-corrected chi connectivity index (χ0v) is 13.2. The molecule has 0 radical (unpaired) electrons. The summed E-state index contributed by atoms with van der Waals surface area (Å²) < 4.78 is 1.09. The van der Waals surface area contributed by atoms with Gasteiger partial charge >= 0.3 is 0 Å². The minimum atomic E-state index is 0.559. The Bertz CT molecular complexity index is 581. The van der Waals surface area contributed by atoms with E-state index in [2.05, 4.69) is 55.2 Å². The lowest BCUT2D eigenvalue weighted by Crippen LogP contribution is -2.48. The molecule has 2 aromatic rings. The molecule has 0 amide bonds. The zero-order valence-electron chi connectivity index (χ0n) is 11.6. The average Bonchev–Trinajstić information content (AvgIpc) is 2.87. The third-order valence-electron chi connectivity index (χ3n) is 3.59. The molecule has 20 heavy (non-hydrogen) atoms. The fourth-order valence-corrected chi connectivity index (χ4v) is 3.01. The van der Waals surface area contributed by atoms with Crippen molar-refractivity contribution >= 4 is 15.9 Å². The highest BCUT2D eigenvalue weighted by Crippen LogP contribution is 2.21. The van der Waals surface area contributed by atoms with Gasteiger partial charge in [-0.1, -0.05) is 28.1 Å². The molecular formula is C15H19BrN4. The van der Waals surface area contributed by atoms with Gasteiger partial charge in [0.25, 0.3) is 0 Å². The molecule has 2 heterocycles. The van der Waals surface area contributed by atoms with Gasteiger partial charge in [-0.2, -0.15) is 0 Å². The quantitative estimate of drug-likeness (QED) is 0.906. The minimum Gasteiger partial charge on any atom is -0.341 e. The molecule has 1 aliphatic rings. The first-order valence-corrected chi connectivity index (χ1v) is 7.75. The predicted molar refractivity (Wildman–Crippen MR) is 84.5 cm³/mol. The monoisotopic (exact) mass is 334 g/mol. The second-order valence-corrected chi connectivity index (χ2v) is 6.26. The Morgan fingerprint density at radius 1 is 1.45 bits per heavy atom. The van der Waals surface area contributed by atoms with Crippen molar-refractivity contribution in [2.75, 3.05) is 19.6 Å². The lowest BCUT2D eigenvalue weighted by molar-refractivity contribution is 0.196. The van der Waals surface area contributed by atoms with Crippen molar-refractivity contribution in [2.45, 2.75) is 19.5 Å².